The van der Waals surface area contributed by atoms with Crippen molar-refractivity contribution in [1.29, 1.82) is 0 Å². The van der Waals surface area contributed by atoms with Crippen LogP contribution in [-0.2, 0) is 9.53 Å². The molecule has 0 amide bonds. The Balaban J connectivity index is 1.51. The molecule has 0 bridgehead atoms. The molecular weight excluding hydrogens is 312 g/mol. The summed E-state index contributed by atoms with van der Waals surface area (Å²) in [4.78, 5) is 12.2. The average Bonchev–Trinajstić information content (AvgIpc) is 2.91. The number of ether oxygens (including phenoxy) is 1. The van der Waals surface area contributed by atoms with Crippen LogP contribution >= 0.6 is 0 Å². The fourth-order valence-electron chi connectivity index (χ4n) is 8.03. The number of fused-ring (bicyclic) bond motifs is 5. The predicted octanol–water partition coefficient (Wildman–Crippen LogP) is 4.22. The zero-order valence-electron chi connectivity index (χ0n) is 16.3. The Bertz CT molecular complexity index is 531. The fourth-order valence-corrected chi connectivity index (χ4v) is 8.03. The normalized spacial score (nSPS) is 52.2. The molecule has 3 nitrogen and oxygen atoms in total. The van der Waals surface area contributed by atoms with Crippen LogP contribution in [-0.4, -0.2) is 30.2 Å². The summed E-state index contributed by atoms with van der Waals surface area (Å²) in [5, 5.41) is 10.8. The van der Waals surface area contributed by atoms with Gasteiger partial charge in [-0.05, 0) is 99.7 Å². The standard InChI is InChI=1S/C22H36O3/c1-14(23)19-6-7-20-18-5-4-15-12-22(24,13-25-3)11-9-16(15)17(18)8-10-21(19,20)2/h15-20,24H,4-13H2,1-3H3/t15-,16-,17?,18?,19+,20?,21+,22+/m0/s1. The quantitative estimate of drug-likeness (QED) is 0.830. The molecule has 0 radical (unpaired) electrons. The van der Waals surface area contributed by atoms with Gasteiger partial charge in [0.05, 0.1) is 12.2 Å². The SMILES string of the molecule is COC[C@@]1(O)CC[C@@H]2C3CC[C@@]4(C)C(CC[C@@H]4C(C)=O)C3CC[C@H]2C1. The highest BCUT2D eigenvalue weighted by atomic mass is 16.5. The maximum atomic E-state index is 12.2. The highest BCUT2D eigenvalue weighted by Crippen LogP contribution is 2.64. The van der Waals surface area contributed by atoms with E-state index in [9.17, 15) is 9.90 Å². The lowest BCUT2D eigenvalue weighted by Crippen LogP contribution is -2.52. The topological polar surface area (TPSA) is 46.5 Å². The summed E-state index contributed by atoms with van der Waals surface area (Å²) in [6, 6.07) is 0. The summed E-state index contributed by atoms with van der Waals surface area (Å²) in [5.74, 6) is 4.67. The second-order valence-corrected chi connectivity index (χ2v) is 10.1. The molecule has 8 atom stereocenters. The molecule has 0 aromatic carbocycles. The van der Waals surface area contributed by atoms with Crippen LogP contribution in [0.2, 0.25) is 0 Å². The van der Waals surface area contributed by atoms with Crippen molar-refractivity contribution in [2.75, 3.05) is 13.7 Å². The molecule has 0 aromatic heterocycles. The molecule has 4 rings (SSSR count). The largest absolute Gasteiger partial charge is 0.387 e. The van der Waals surface area contributed by atoms with Crippen molar-refractivity contribution < 1.29 is 14.6 Å². The first kappa shape index (κ1) is 18.0. The van der Waals surface area contributed by atoms with Gasteiger partial charge in [0.15, 0.2) is 0 Å². The van der Waals surface area contributed by atoms with Crippen molar-refractivity contribution in [1.82, 2.24) is 0 Å². The lowest BCUT2D eigenvalue weighted by Gasteiger charge is -2.57. The number of ketones is 1. The highest BCUT2D eigenvalue weighted by Gasteiger charge is 2.58. The monoisotopic (exact) mass is 348 g/mol. The van der Waals surface area contributed by atoms with Crippen LogP contribution in [0.3, 0.4) is 0 Å². The molecule has 3 unspecified atom stereocenters. The van der Waals surface area contributed by atoms with Gasteiger partial charge in [-0.15, -0.1) is 0 Å². The molecule has 3 heteroatoms. The number of methoxy groups -OCH3 is 1. The van der Waals surface area contributed by atoms with Crippen LogP contribution in [0.4, 0.5) is 0 Å². The van der Waals surface area contributed by atoms with Gasteiger partial charge in [-0.25, -0.2) is 0 Å². The lowest BCUT2D eigenvalue weighted by molar-refractivity contribution is -0.134. The van der Waals surface area contributed by atoms with Gasteiger partial charge in [0.1, 0.15) is 5.78 Å². The van der Waals surface area contributed by atoms with E-state index < -0.39 is 5.60 Å². The third kappa shape index (κ3) is 2.81. The van der Waals surface area contributed by atoms with Gasteiger partial charge >= 0.3 is 0 Å². The van der Waals surface area contributed by atoms with E-state index in [1.807, 2.05) is 6.92 Å². The summed E-state index contributed by atoms with van der Waals surface area (Å²) in [5.41, 5.74) is -0.315. The minimum atomic E-state index is -0.584. The van der Waals surface area contributed by atoms with Crippen molar-refractivity contribution in [3.8, 4) is 0 Å². The van der Waals surface area contributed by atoms with E-state index in [-0.39, 0.29) is 5.41 Å². The predicted molar refractivity (Wildman–Crippen MR) is 98.1 cm³/mol. The van der Waals surface area contributed by atoms with Gasteiger partial charge in [0, 0.05) is 13.0 Å². The number of carbonyl (C=O) groups excluding carboxylic acids is 1. The third-order valence-corrected chi connectivity index (χ3v) is 9.01. The highest BCUT2D eigenvalue weighted by molar-refractivity contribution is 5.79. The maximum Gasteiger partial charge on any atom is 0.133 e. The van der Waals surface area contributed by atoms with Crippen molar-refractivity contribution in [3.05, 3.63) is 0 Å². The first-order valence-electron chi connectivity index (χ1n) is 10.6. The van der Waals surface area contributed by atoms with Crippen molar-refractivity contribution in [3.63, 3.8) is 0 Å². The Morgan fingerprint density at radius 2 is 1.80 bits per heavy atom. The molecule has 4 aliphatic rings. The number of carbonyl (C=O) groups is 1. The second kappa shape index (κ2) is 6.34. The summed E-state index contributed by atoms with van der Waals surface area (Å²) >= 11 is 0. The molecule has 4 aliphatic carbocycles. The average molecular weight is 349 g/mol. The summed E-state index contributed by atoms with van der Waals surface area (Å²) in [6.45, 7) is 4.74. The Labute approximate surface area is 152 Å². The van der Waals surface area contributed by atoms with E-state index in [1.165, 1.54) is 38.5 Å². The van der Waals surface area contributed by atoms with Crippen molar-refractivity contribution >= 4 is 5.78 Å². The number of hydrogen-bond acceptors (Lipinski definition) is 3. The minimum Gasteiger partial charge on any atom is -0.387 e. The molecular formula is C22H36O3. The van der Waals surface area contributed by atoms with Crippen LogP contribution in [0.1, 0.15) is 71.6 Å². The van der Waals surface area contributed by atoms with Crippen molar-refractivity contribution in [2.24, 2.45) is 40.9 Å². The number of aliphatic hydroxyl groups is 1. The van der Waals surface area contributed by atoms with Crippen LogP contribution in [0.25, 0.3) is 0 Å². The van der Waals surface area contributed by atoms with Gasteiger partial charge in [-0.2, -0.15) is 0 Å². The zero-order chi connectivity index (χ0) is 17.8. The van der Waals surface area contributed by atoms with Crippen LogP contribution in [0.5, 0.6) is 0 Å². The van der Waals surface area contributed by atoms with E-state index in [2.05, 4.69) is 6.92 Å². The van der Waals surface area contributed by atoms with Crippen LogP contribution < -0.4 is 0 Å². The minimum absolute atomic E-state index is 0.269. The molecule has 0 spiro atoms. The van der Waals surface area contributed by atoms with Gasteiger partial charge < -0.3 is 9.84 Å². The van der Waals surface area contributed by atoms with Crippen LogP contribution in [0, 0.1) is 40.9 Å². The first-order chi connectivity index (χ1) is 11.9. The van der Waals surface area contributed by atoms with E-state index >= 15 is 0 Å². The zero-order valence-corrected chi connectivity index (χ0v) is 16.3. The number of rotatable bonds is 3. The Kier molecular flexibility index (Phi) is 4.56. The third-order valence-electron chi connectivity index (χ3n) is 9.01. The van der Waals surface area contributed by atoms with E-state index in [0.717, 1.165) is 42.9 Å². The molecule has 4 saturated carbocycles. The van der Waals surface area contributed by atoms with E-state index in [0.29, 0.717) is 24.2 Å². The lowest BCUT2D eigenvalue weighted by atomic mass is 9.49. The Morgan fingerprint density at radius 1 is 1.04 bits per heavy atom. The maximum absolute atomic E-state index is 12.2. The molecule has 1 N–H and O–H groups in total. The molecule has 25 heavy (non-hydrogen) atoms. The Hall–Kier alpha value is -0.410. The summed E-state index contributed by atoms with van der Waals surface area (Å²) < 4.78 is 5.29. The van der Waals surface area contributed by atoms with Gasteiger partial charge in [0.25, 0.3) is 0 Å². The number of hydrogen-bond donors (Lipinski definition) is 1. The molecule has 4 fully saturated rings. The van der Waals surface area contributed by atoms with Crippen LogP contribution in [0.15, 0.2) is 0 Å². The van der Waals surface area contributed by atoms with E-state index in [1.54, 1.807) is 7.11 Å². The smallest absolute Gasteiger partial charge is 0.133 e. The number of Topliss-reactive ketones (excluding diaryl/α,β-unsaturated/α-hetero) is 1. The van der Waals surface area contributed by atoms with E-state index in [4.69, 9.17) is 4.74 Å². The Morgan fingerprint density at radius 3 is 2.52 bits per heavy atom. The fraction of sp³-hybridized carbons (Fsp3) is 0.955. The second-order valence-electron chi connectivity index (χ2n) is 10.1. The molecule has 0 aromatic rings. The molecule has 0 aliphatic heterocycles. The van der Waals surface area contributed by atoms with Gasteiger partial charge in [-0.3, -0.25) is 4.79 Å². The first-order valence-corrected chi connectivity index (χ1v) is 10.6. The molecule has 142 valence electrons. The summed E-state index contributed by atoms with van der Waals surface area (Å²) in [6.07, 6.45) is 10.6. The molecule has 0 heterocycles. The van der Waals surface area contributed by atoms with Crippen molar-refractivity contribution in [2.45, 2.75) is 77.2 Å². The molecule has 0 saturated heterocycles. The van der Waals surface area contributed by atoms with Gasteiger partial charge in [-0.1, -0.05) is 6.92 Å². The summed E-state index contributed by atoms with van der Waals surface area (Å²) in [7, 11) is 1.70. The van der Waals surface area contributed by atoms with Gasteiger partial charge in [0.2, 0.25) is 0 Å².